The number of aliphatic imine (C=N–C) groups is 1. The minimum absolute atomic E-state index is 0. The third kappa shape index (κ3) is 6.76. The van der Waals surface area contributed by atoms with Gasteiger partial charge in [-0.2, -0.15) is 0 Å². The number of rotatable bonds is 6. The van der Waals surface area contributed by atoms with Gasteiger partial charge in [0.1, 0.15) is 0 Å². The van der Waals surface area contributed by atoms with Crippen molar-refractivity contribution in [2.75, 3.05) is 40.5 Å². The van der Waals surface area contributed by atoms with Crippen LogP contribution in [-0.2, 0) is 9.47 Å². The van der Waals surface area contributed by atoms with Crippen LogP contribution in [0.4, 0.5) is 0 Å². The molecule has 6 heteroatoms. The van der Waals surface area contributed by atoms with Gasteiger partial charge in [0, 0.05) is 53.3 Å². The van der Waals surface area contributed by atoms with Crippen molar-refractivity contribution in [3.8, 4) is 0 Å². The minimum atomic E-state index is -0.110. The van der Waals surface area contributed by atoms with Crippen LogP contribution in [-0.4, -0.2) is 52.0 Å². The van der Waals surface area contributed by atoms with Crippen LogP contribution in [0, 0.1) is 0 Å². The van der Waals surface area contributed by atoms with Crippen LogP contribution in [0.1, 0.15) is 32.6 Å². The Labute approximate surface area is 133 Å². The zero-order chi connectivity index (χ0) is 13.3. The SMILES string of the molecule is CCCCNC(=NC)NCC1(OC)CCOCC1.I. The molecule has 5 nitrogen and oxygen atoms in total. The van der Waals surface area contributed by atoms with Crippen LogP contribution in [0.3, 0.4) is 0 Å². The van der Waals surface area contributed by atoms with E-state index in [1.54, 1.807) is 14.2 Å². The molecule has 1 aliphatic rings. The number of unbranched alkanes of at least 4 members (excludes halogenated alkanes) is 1. The van der Waals surface area contributed by atoms with Crippen molar-refractivity contribution in [3.05, 3.63) is 0 Å². The predicted molar refractivity (Wildman–Crippen MR) is 89.5 cm³/mol. The number of halogens is 1. The summed E-state index contributed by atoms with van der Waals surface area (Å²) in [7, 11) is 3.57. The van der Waals surface area contributed by atoms with Gasteiger partial charge < -0.3 is 20.1 Å². The van der Waals surface area contributed by atoms with Gasteiger partial charge in [0.15, 0.2) is 5.96 Å². The second kappa shape index (κ2) is 10.7. The summed E-state index contributed by atoms with van der Waals surface area (Å²) in [6.45, 7) is 5.46. The van der Waals surface area contributed by atoms with Gasteiger partial charge in [-0.15, -0.1) is 24.0 Å². The van der Waals surface area contributed by atoms with Crippen molar-refractivity contribution in [3.63, 3.8) is 0 Å². The molecule has 0 radical (unpaired) electrons. The van der Waals surface area contributed by atoms with E-state index in [0.29, 0.717) is 0 Å². The molecule has 0 atom stereocenters. The highest BCUT2D eigenvalue weighted by molar-refractivity contribution is 14.0. The standard InChI is InChI=1S/C13H27N3O2.HI/c1-4-5-8-15-12(14-2)16-11-13(17-3)6-9-18-10-7-13;/h4-11H2,1-3H3,(H2,14,15,16);1H. The van der Waals surface area contributed by atoms with Gasteiger partial charge >= 0.3 is 0 Å². The average molecular weight is 385 g/mol. The Morgan fingerprint density at radius 3 is 2.53 bits per heavy atom. The number of hydrogen-bond donors (Lipinski definition) is 2. The van der Waals surface area contributed by atoms with E-state index in [-0.39, 0.29) is 29.6 Å². The van der Waals surface area contributed by atoms with Crippen molar-refractivity contribution in [1.82, 2.24) is 10.6 Å². The molecule has 0 aliphatic carbocycles. The molecule has 0 bridgehead atoms. The van der Waals surface area contributed by atoms with Crippen molar-refractivity contribution in [1.29, 1.82) is 0 Å². The molecule has 19 heavy (non-hydrogen) atoms. The first-order valence-electron chi connectivity index (χ1n) is 6.84. The van der Waals surface area contributed by atoms with E-state index in [2.05, 4.69) is 22.5 Å². The first-order chi connectivity index (χ1) is 8.76. The zero-order valence-electron chi connectivity index (χ0n) is 12.3. The van der Waals surface area contributed by atoms with Gasteiger partial charge in [0.05, 0.1) is 5.60 Å². The summed E-state index contributed by atoms with van der Waals surface area (Å²) >= 11 is 0. The van der Waals surface area contributed by atoms with E-state index in [0.717, 1.165) is 51.5 Å². The Bertz CT molecular complexity index is 256. The van der Waals surface area contributed by atoms with E-state index in [4.69, 9.17) is 9.47 Å². The Hall–Kier alpha value is -0.0800. The number of nitrogens with one attached hydrogen (secondary N) is 2. The van der Waals surface area contributed by atoms with Crippen LogP contribution in [0.15, 0.2) is 4.99 Å². The summed E-state index contributed by atoms with van der Waals surface area (Å²) in [5, 5.41) is 6.65. The number of methoxy groups -OCH3 is 1. The molecule has 1 rings (SSSR count). The maximum absolute atomic E-state index is 5.67. The van der Waals surface area contributed by atoms with Crippen LogP contribution in [0.2, 0.25) is 0 Å². The quantitative estimate of drug-likeness (QED) is 0.317. The first kappa shape index (κ1) is 18.9. The average Bonchev–Trinajstić information content (AvgIpc) is 2.43. The number of ether oxygens (including phenoxy) is 2. The molecule has 1 aliphatic heterocycles. The maximum Gasteiger partial charge on any atom is 0.191 e. The van der Waals surface area contributed by atoms with Crippen LogP contribution in [0.5, 0.6) is 0 Å². The lowest BCUT2D eigenvalue weighted by molar-refractivity contribution is -0.0855. The molecule has 0 amide bonds. The Morgan fingerprint density at radius 1 is 1.32 bits per heavy atom. The predicted octanol–water partition coefficient (Wildman–Crippen LogP) is 1.77. The monoisotopic (exact) mass is 385 g/mol. The van der Waals surface area contributed by atoms with E-state index in [1.807, 2.05) is 0 Å². The van der Waals surface area contributed by atoms with Gasteiger partial charge in [-0.1, -0.05) is 13.3 Å². The minimum Gasteiger partial charge on any atom is -0.381 e. The largest absolute Gasteiger partial charge is 0.381 e. The molecule has 2 N–H and O–H groups in total. The summed E-state index contributed by atoms with van der Waals surface area (Å²) in [5.41, 5.74) is -0.110. The number of hydrogen-bond acceptors (Lipinski definition) is 3. The third-order valence-corrected chi connectivity index (χ3v) is 3.46. The lowest BCUT2D eigenvalue weighted by Gasteiger charge is -2.36. The number of nitrogens with zero attached hydrogens (tertiary/aromatic N) is 1. The molecule has 0 aromatic rings. The number of guanidine groups is 1. The summed E-state index contributed by atoms with van der Waals surface area (Å²) in [6, 6.07) is 0. The van der Waals surface area contributed by atoms with Crippen LogP contribution in [0.25, 0.3) is 0 Å². The molecular weight excluding hydrogens is 357 g/mol. The van der Waals surface area contributed by atoms with Crippen LogP contribution >= 0.6 is 24.0 Å². The van der Waals surface area contributed by atoms with E-state index in [9.17, 15) is 0 Å². The fourth-order valence-electron chi connectivity index (χ4n) is 2.05. The molecule has 1 fully saturated rings. The molecule has 0 saturated carbocycles. The van der Waals surface area contributed by atoms with Gasteiger partial charge in [-0.25, -0.2) is 0 Å². The topological polar surface area (TPSA) is 54.9 Å². The van der Waals surface area contributed by atoms with E-state index in [1.165, 1.54) is 6.42 Å². The van der Waals surface area contributed by atoms with Crippen molar-refractivity contribution in [2.45, 2.75) is 38.2 Å². The smallest absolute Gasteiger partial charge is 0.191 e. The lowest BCUT2D eigenvalue weighted by atomic mass is 9.94. The molecule has 1 heterocycles. The van der Waals surface area contributed by atoms with Gasteiger partial charge in [-0.05, 0) is 6.42 Å². The Morgan fingerprint density at radius 2 is 2.00 bits per heavy atom. The molecule has 0 unspecified atom stereocenters. The fraction of sp³-hybridized carbons (Fsp3) is 0.923. The van der Waals surface area contributed by atoms with Crippen LogP contribution < -0.4 is 10.6 Å². The second-order valence-corrected chi connectivity index (χ2v) is 4.71. The Kier molecular flexibility index (Phi) is 10.6. The molecule has 0 spiro atoms. The summed E-state index contributed by atoms with van der Waals surface area (Å²) in [4.78, 5) is 4.22. The van der Waals surface area contributed by atoms with Crippen molar-refractivity contribution in [2.24, 2.45) is 4.99 Å². The van der Waals surface area contributed by atoms with Crippen molar-refractivity contribution >= 4 is 29.9 Å². The molecular formula is C13H28IN3O2. The van der Waals surface area contributed by atoms with Gasteiger partial charge in [0.25, 0.3) is 0 Å². The highest BCUT2D eigenvalue weighted by atomic mass is 127. The molecule has 1 saturated heterocycles. The van der Waals surface area contributed by atoms with E-state index < -0.39 is 0 Å². The second-order valence-electron chi connectivity index (χ2n) is 4.71. The summed E-state index contributed by atoms with van der Waals surface area (Å²) in [6.07, 6.45) is 4.21. The zero-order valence-corrected chi connectivity index (χ0v) is 14.7. The Balaban J connectivity index is 0.00000324. The normalized spacial score (nSPS) is 18.6. The molecule has 0 aromatic carbocycles. The highest BCUT2D eigenvalue weighted by Gasteiger charge is 2.32. The fourth-order valence-corrected chi connectivity index (χ4v) is 2.05. The highest BCUT2D eigenvalue weighted by Crippen LogP contribution is 2.23. The summed E-state index contributed by atoms with van der Waals surface area (Å²) in [5.74, 6) is 0.853. The van der Waals surface area contributed by atoms with Gasteiger partial charge in [-0.3, -0.25) is 4.99 Å². The maximum atomic E-state index is 5.67. The van der Waals surface area contributed by atoms with Crippen molar-refractivity contribution < 1.29 is 9.47 Å². The first-order valence-corrected chi connectivity index (χ1v) is 6.84. The lowest BCUT2D eigenvalue weighted by Crippen LogP contribution is -2.50. The third-order valence-electron chi connectivity index (χ3n) is 3.46. The van der Waals surface area contributed by atoms with E-state index >= 15 is 0 Å². The van der Waals surface area contributed by atoms with Gasteiger partial charge in [0.2, 0.25) is 0 Å². The molecule has 0 aromatic heterocycles. The molecule has 114 valence electrons. The summed E-state index contributed by atoms with van der Waals surface area (Å²) < 4.78 is 11.1.